The average Bonchev–Trinajstić information content (AvgIpc) is 3.47. The predicted octanol–water partition coefficient (Wildman–Crippen LogP) is 5.11. The van der Waals surface area contributed by atoms with Crippen molar-refractivity contribution in [2.24, 2.45) is 5.92 Å². The number of amides is 2. The van der Waals surface area contributed by atoms with Gasteiger partial charge in [-0.2, -0.15) is 0 Å². The highest BCUT2D eigenvalue weighted by atomic mass is 79.9. The number of esters is 1. The van der Waals surface area contributed by atoms with Crippen LogP contribution in [0.15, 0.2) is 41.8 Å². The number of alkyl halides is 1. The number of anilines is 1. The van der Waals surface area contributed by atoms with Gasteiger partial charge in [-0.25, -0.2) is 0 Å². The lowest BCUT2D eigenvalue weighted by atomic mass is 9.86. The highest BCUT2D eigenvalue weighted by molar-refractivity contribution is 9.08. The molecule has 9 heteroatoms. The van der Waals surface area contributed by atoms with Gasteiger partial charge < -0.3 is 19.5 Å². The summed E-state index contributed by atoms with van der Waals surface area (Å²) in [6.07, 6.45) is 2.86. The van der Waals surface area contributed by atoms with E-state index in [0.29, 0.717) is 30.4 Å². The molecule has 0 spiro atoms. The lowest BCUT2D eigenvalue weighted by molar-refractivity contribution is -0.146. The minimum absolute atomic E-state index is 0.000348. The molecule has 0 atom stereocenters. The van der Waals surface area contributed by atoms with Crippen LogP contribution in [-0.4, -0.2) is 42.0 Å². The number of carbonyl (C=O) groups is 3. The van der Waals surface area contributed by atoms with Gasteiger partial charge in [0.1, 0.15) is 12.2 Å². The first-order valence-corrected chi connectivity index (χ1v) is 13.9. The highest BCUT2D eigenvalue weighted by Crippen LogP contribution is 2.28. The summed E-state index contributed by atoms with van der Waals surface area (Å²) in [6, 6.07) is 11.7. The largest absolute Gasteiger partial charge is 0.469 e. The minimum Gasteiger partial charge on any atom is -0.469 e. The number of methoxy groups -OCH3 is 1. The van der Waals surface area contributed by atoms with E-state index in [1.54, 1.807) is 16.2 Å². The third-order valence-corrected chi connectivity index (χ3v) is 8.14. The van der Waals surface area contributed by atoms with Crippen LogP contribution in [0, 0.1) is 5.92 Å². The SMILES string of the molecule is CCN(C(=O)Cn1c(C(=O)N[C@H]2CC[C@H](C(=O)OC)CC2)cc2sccc21)c1cccc(CBr)c1. The topological polar surface area (TPSA) is 80.6 Å². The molecule has 3 aromatic rings. The standard InChI is InChI=1S/C26H30BrN3O4S/c1-3-29(20-6-4-5-17(13-20)15-27)24(31)16-30-21-11-12-35-23(21)14-22(30)25(32)28-19-9-7-18(8-10-19)26(33)34-2/h4-6,11-14,18-19H,3,7-10,15-16H2,1-2H3,(H,28,32)/t18-,19-. The fraction of sp³-hybridized carbons (Fsp3) is 0.423. The Balaban J connectivity index is 1.51. The second-order valence-corrected chi connectivity index (χ2v) is 10.3. The molecule has 1 saturated carbocycles. The Morgan fingerprint density at radius 3 is 2.63 bits per heavy atom. The molecule has 1 aromatic carbocycles. The van der Waals surface area contributed by atoms with Gasteiger partial charge in [-0.3, -0.25) is 14.4 Å². The van der Waals surface area contributed by atoms with Gasteiger partial charge in [-0.15, -0.1) is 11.3 Å². The van der Waals surface area contributed by atoms with E-state index in [4.69, 9.17) is 4.74 Å². The Labute approximate surface area is 217 Å². The van der Waals surface area contributed by atoms with E-state index in [-0.39, 0.29) is 36.3 Å². The smallest absolute Gasteiger partial charge is 0.308 e. The van der Waals surface area contributed by atoms with Gasteiger partial charge in [0, 0.05) is 23.6 Å². The van der Waals surface area contributed by atoms with Crippen molar-refractivity contribution < 1.29 is 19.1 Å². The zero-order valence-electron chi connectivity index (χ0n) is 20.0. The van der Waals surface area contributed by atoms with Gasteiger partial charge >= 0.3 is 5.97 Å². The zero-order chi connectivity index (χ0) is 24.9. The Morgan fingerprint density at radius 2 is 1.94 bits per heavy atom. The second kappa shape index (κ2) is 11.4. The number of nitrogens with one attached hydrogen (secondary N) is 1. The maximum atomic E-state index is 13.4. The number of rotatable bonds is 8. The second-order valence-electron chi connectivity index (χ2n) is 8.77. The average molecular weight is 561 g/mol. The summed E-state index contributed by atoms with van der Waals surface area (Å²) in [6.45, 7) is 2.56. The predicted molar refractivity (Wildman–Crippen MR) is 142 cm³/mol. The van der Waals surface area contributed by atoms with E-state index >= 15 is 0 Å². The molecule has 2 heterocycles. The Hall–Kier alpha value is -2.65. The molecule has 0 radical (unpaired) electrons. The number of fused-ring (bicyclic) bond motifs is 1. The number of thiophene rings is 1. The number of hydrogen-bond donors (Lipinski definition) is 1. The number of likely N-dealkylation sites (N-methyl/N-ethyl adjacent to an activating group) is 1. The molecule has 0 unspecified atom stereocenters. The lowest BCUT2D eigenvalue weighted by Crippen LogP contribution is -2.40. The van der Waals surface area contributed by atoms with Crippen LogP contribution in [0.5, 0.6) is 0 Å². The van der Waals surface area contributed by atoms with Crippen LogP contribution < -0.4 is 10.2 Å². The first kappa shape index (κ1) is 25.4. The molecular weight excluding hydrogens is 530 g/mol. The highest BCUT2D eigenvalue weighted by Gasteiger charge is 2.29. The van der Waals surface area contributed by atoms with Crippen molar-refractivity contribution in [1.29, 1.82) is 0 Å². The molecule has 186 valence electrons. The monoisotopic (exact) mass is 559 g/mol. The summed E-state index contributed by atoms with van der Waals surface area (Å²) in [4.78, 5) is 40.3. The quantitative estimate of drug-likeness (QED) is 0.307. The number of ether oxygens (including phenoxy) is 1. The molecule has 7 nitrogen and oxygen atoms in total. The minimum atomic E-state index is -0.188. The van der Waals surface area contributed by atoms with Gasteiger partial charge in [0.15, 0.2) is 0 Å². The number of nitrogens with zero attached hydrogens (tertiary/aromatic N) is 2. The van der Waals surface area contributed by atoms with E-state index in [2.05, 4.69) is 21.2 Å². The number of aromatic nitrogens is 1. The molecule has 4 rings (SSSR count). The molecule has 1 aliphatic rings. The number of benzene rings is 1. The molecule has 2 amide bonds. The third-order valence-electron chi connectivity index (χ3n) is 6.64. The summed E-state index contributed by atoms with van der Waals surface area (Å²) in [5.41, 5.74) is 3.31. The van der Waals surface area contributed by atoms with Crippen LogP contribution in [0.1, 0.15) is 48.7 Å². The first-order chi connectivity index (χ1) is 16.9. The van der Waals surface area contributed by atoms with Crippen LogP contribution in [-0.2, 0) is 26.2 Å². The number of carbonyl (C=O) groups excluding carboxylic acids is 3. The van der Waals surface area contributed by atoms with Crippen molar-refractivity contribution in [3.05, 3.63) is 53.0 Å². The molecule has 0 saturated heterocycles. The Morgan fingerprint density at radius 1 is 1.17 bits per heavy atom. The molecule has 1 fully saturated rings. The zero-order valence-corrected chi connectivity index (χ0v) is 22.4. The van der Waals surface area contributed by atoms with Crippen LogP contribution in [0.4, 0.5) is 5.69 Å². The number of halogens is 1. The molecule has 0 bridgehead atoms. The summed E-state index contributed by atoms with van der Waals surface area (Å²) >= 11 is 5.03. The van der Waals surface area contributed by atoms with Crippen LogP contribution >= 0.6 is 27.3 Å². The molecule has 0 aliphatic heterocycles. The molecule has 35 heavy (non-hydrogen) atoms. The first-order valence-electron chi connectivity index (χ1n) is 11.9. The van der Waals surface area contributed by atoms with E-state index in [1.807, 2.05) is 53.3 Å². The van der Waals surface area contributed by atoms with Gasteiger partial charge in [-0.1, -0.05) is 28.1 Å². The maximum absolute atomic E-state index is 13.4. The van der Waals surface area contributed by atoms with Crippen LogP contribution in [0.25, 0.3) is 10.2 Å². The summed E-state index contributed by atoms with van der Waals surface area (Å²) in [7, 11) is 1.41. The summed E-state index contributed by atoms with van der Waals surface area (Å²) < 4.78 is 7.65. The normalized spacial score (nSPS) is 17.8. The molecular formula is C26H30BrN3O4S. The van der Waals surface area contributed by atoms with Crippen molar-refractivity contribution in [2.75, 3.05) is 18.6 Å². The van der Waals surface area contributed by atoms with Crippen molar-refractivity contribution in [3.63, 3.8) is 0 Å². The lowest BCUT2D eigenvalue weighted by Gasteiger charge is -2.27. The molecule has 1 aliphatic carbocycles. The Kier molecular flexibility index (Phi) is 8.28. The van der Waals surface area contributed by atoms with Crippen molar-refractivity contribution in [3.8, 4) is 0 Å². The summed E-state index contributed by atoms with van der Waals surface area (Å²) in [5.74, 6) is -0.532. The van der Waals surface area contributed by atoms with Gasteiger partial charge in [0.05, 0.1) is 23.2 Å². The van der Waals surface area contributed by atoms with Crippen LogP contribution in [0.2, 0.25) is 0 Å². The van der Waals surface area contributed by atoms with Gasteiger partial charge in [-0.05, 0) is 67.8 Å². The molecule has 2 aromatic heterocycles. The maximum Gasteiger partial charge on any atom is 0.308 e. The summed E-state index contributed by atoms with van der Waals surface area (Å²) in [5, 5.41) is 5.81. The fourth-order valence-electron chi connectivity index (χ4n) is 4.77. The van der Waals surface area contributed by atoms with Crippen molar-refractivity contribution >= 4 is 61.0 Å². The Bertz CT molecular complexity index is 1210. The third kappa shape index (κ3) is 5.62. The van der Waals surface area contributed by atoms with E-state index < -0.39 is 0 Å². The van der Waals surface area contributed by atoms with Crippen molar-refractivity contribution in [1.82, 2.24) is 9.88 Å². The van der Waals surface area contributed by atoms with E-state index in [0.717, 1.165) is 34.3 Å². The van der Waals surface area contributed by atoms with E-state index in [1.165, 1.54) is 7.11 Å². The number of hydrogen-bond acceptors (Lipinski definition) is 5. The van der Waals surface area contributed by atoms with Gasteiger partial charge in [0.2, 0.25) is 5.91 Å². The van der Waals surface area contributed by atoms with E-state index in [9.17, 15) is 14.4 Å². The van der Waals surface area contributed by atoms with Crippen LogP contribution in [0.3, 0.4) is 0 Å². The van der Waals surface area contributed by atoms with Gasteiger partial charge in [0.25, 0.3) is 5.91 Å². The molecule has 1 N–H and O–H groups in total. The fourth-order valence-corrected chi connectivity index (χ4v) is 5.94. The van der Waals surface area contributed by atoms with Crippen molar-refractivity contribution in [2.45, 2.75) is 50.5 Å².